The molecule has 29 heavy (non-hydrogen) atoms. The zero-order valence-corrected chi connectivity index (χ0v) is 16.0. The molecule has 1 aliphatic heterocycles. The van der Waals surface area contributed by atoms with E-state index in [0.29, 0.717) is 5.95 Å². The van der Waals surface area contributed by atoms with E-state index in [1.54, 1.807) is 6.20 Å². The molecule has 1 saturated heterocycles. The third kappa shape index (κ3) is 3.62. The molecule has 0 amide bonds. The van der Waals surface area contributed by atoms with E-state index in [-0.39, 0.29) is 0 Å². The zero-order chi connectivity index (χ0) is 19.5. The van der Waals surface area contributed by atoms with Crippen molar-refractivity contribution in [1.82, 2.24) is 15.0 Å². The van der Waals surface area contributed by atoms with E-state index in [1.807, 2.05) is 48.7 Å². The Kier molecular flexibility index (Phi) is 4.76. The van der Waals surface area contributed by atoms with E-state index in [1.165, 1.54) is 0 Å². The number of aromatic nitrogens is 3. The van der Waals surface area contributed by atoms with E-state index in [0.717, 1.165) is 59.8 Å². The minimum atomic E-state index is 0.571. The molecule has 0 unspecified atom stereocenters. The Morgan fingerprint density at radius 3 is 2.59 bits per heavy atom. The van der Waals surface area contributed by atoms with Crippen molar-refractivity contribution in [1.29, 1.82) is 0 Å². The van der Waals surface area contributed by atoms with Crippen LogP contribution in [0, 0.1) is 0 Å². The number of anilines is 3. The second kappa shape index (κ2) is 7.85. The van der Waals surface area contributed by atoms with Crippen molar-refractivity contribution in [3.63, 3.8) is 0 Å². The third-order valence-corrected chi connectivity index (χ3v) is 5.05. The average molecular weight is 383 g/mol. The number of nitrogens with zero attached hydrogens (tertiary/aromatic N) is 4. The van der Waals surface area contributed by atoms with Crippen LogP contribution in [0.1, 0.15) is 0 Å². The average Bonchev–Trinajstić information content (AvgIpc) is 2.80. The summed E-state index contributed by atoms with van der Waals surface area (Å²) in [6.45, 7) is 3.24. The van der Waals surface area contributed by atoms with Gasteiger partial charge in [0.2, 0.25) is 5.95 Å². The predicted molar refractivity (Wildman–Crippen MR) is 116 cm³/mol. The van der Waals surface area contributed by atoms with Crippen LogP contribution in [0.25, 0.3) is 22.2 Å². The molecule has 144 valence electrons. The first kappa shape index (κ1) is 17.6. The van der Waals surface area contributed by atoms with Crippen molar-refractivity contribution >= 4 is 28.2 Å². The minimum Gasteiger partial charge on any atom is -0.378 e. The summed E-state index contributed by atoms with van der Waals surface area (Å²) in [7, 11) is 0. The number of rotatable bonds is 4. The fraction of sp³-hybridized carbons (Fsp3) is 0.174. The summed E-state index contributed by atoms with van der Waals surface area (Å²) in [6.07, 6.45) is 3.65. The molecule has 2 aromatic carbocycles. The zero-order valence-electron chi connectivity index (χ0n) is 16.0. The number of hydrogen-bond donors (Lipinski definition) is 1. The number of pyridine rings is 1. The molecule has 1 N–H and O–H groups in total. The first-order valence-electron chi connectivity index (χ1n) is 9.74. The van der Waals surface area contributed by atoms with Crippen LogP contribution in [0.5, 0.6) is 0 Å². The van der Waals surface area contributed by atoms with Crippen LogP contribution in [-0.4, -0.2) is 41.3 Å². The molecule has 0 bridgehead atoms. The SMILES string of the molecule is c1ccc(-c2cccc3cnc(Nc4ccccc4N4CCOCC4)nc23)nc1. The molecular formula is C23H21N5O. The molecule has 6 heteroatoms. The Hall–Kier alpha value is -3.51. The van der Waals surface area contributed by atoms with Crippen molar-refractivity contribution in [2.45, 2.75) is 0 Å². The van der Waals surface area contributed by atoms with Gasteiger partial charge in [-0.25, -0.2) is 9.97 Å². The van der Waals surface area contributed by atoms with Gasteiger partial charge in [0.1, 0.15) is 0 Å². The first-order valence-corrected chi connectivity index (χ1v) is 9.74. The van der Waals surface area contributed by atoms with Crippen molar-refractivity contribution < 1.29 is 4.74 Å². The standard InChI is InChI=1S/C23H21N5O/c1-2-10-21(28-12-14-29-15-13-28)20(9-1)26-23-25-16-17-6-5-7-18(22(17)27-23)19-8-3-4-11-24-19/h1-11,16H,12-15H2,(H,25,26,27). The van der Waals surface area contributed by atoms with Crippen molar-refractivity contribution in [3.8, 4) is 11.3 Å². The topological polar surface area (TPSA) is 63.2 Å². The fourth-order valence-electron chi connectivity index (χ4n) is 3.62. The minimum absolute atomic E-state index is 0.571. The van der Waals surface area contributed by atoms with E-state index in [2.05, 4.69) is 38.4 Å². The summed E-state index contributed by atoms with van der Waals surface area (Å²) in [5.74, 6) is 0.571. The number of ether oxygens (including phenoxy) is 1. The summed E-state index contributed by atoms with van der Waals surface area (Å²) in [4.78, 5) is 16.2. The maximum absolute atomic E-state index is 5.49. The van der Waals surface area contributed by atoms with Gasteiger partial charge in [0, 0.05) is 36.4 Å². The highest BCUT2D eigenvalue weighted by Crippen LogP contribution is 2.30. The second-order valence-electron chi connectivity index (χ2n) is 6.89. The van der Waals surface area contributed by atoms with Gasteiger partial charge < -0.3 is 15.0 Å². The van der Waals surface area contributed by atoms with Gasteiger partial charge in [-0.15, -0.1) is 0 Å². The molecule has 2 aromatic heterocycles. The van der Waals surface area contributed by atoms with Crippen LogP contribution in [-0.2, 0) is 4.74 Å². The summed E-state index contributed by atoms with van der Waals surface area (Å²) in [6, 6.07) is 20.2. The molecule has 1 fully saturated rings. The first-order chi connectivity index (χ1) is 14.4. The van der Waals surface area contributed by atoms with Crippen LogP contribution < -0.4 is 10.2 Å². The van der Waals surface area contributed by atoms with Crippen LogP contribution in [0.2, 0.25) is 0 Å². The number of morpholine rings is 1. The molecule has 4 aromatic rings. The van der Waals surface area contributed by atoms with Gasteiger partial charge in [0.15, 0.2) is 0 Å². The molecule has 6 nitrogen and oxygen atoms in total. The Balaban J connectivity index is 1.52. The van der Waals surface area contributed by atoms with Gasteiger partial charge in [0.25, 0.3) is 0 Å². The summed E-state index contributed by atoms with van der Waals surface area (Å²) >= 11 is 0. The molecule has 0 atom stereocenters. The van der Waals surface area contributed by atoms with Crippen LogP contribution in [0.4, 0.5) is 17.3 Å². The maximum atomic E-state index is 5.49. The Morgan fingerprint density at radius 2 is 1.72 bits per heavy atom. The molecule has 3 heterocycles. The smallest absolute Gasteiger partial charge is 0.227 e. The molecule has 0 saturated carbocycles. The third-order valence-electron chi connectivity index (χ3n) is 5.05. The molecule has 0 radical (unpaired) electrons. The van der Waals surface area contributed by atoms with E-state index >= 15 is 0 Å². The number of nitrogens with one attached hydrogen (secondary N) is 1. The van der Waals surface area contributed by atoms with Gasteiger partial charge in [0.05, 0.1) is 35.8 Å². The summed E-state index contributed by atoms with van der Waals surface area (Å²) in [5, 5.41) is 4.40. The highest BCUT2D eigenvalue weighted by Gasteiger charge is 2.15. The van der Waals surface area contributed by atoms with Crippen molar-refractivity contribution in [2.24, 2.45) is 0 Å². The predicted octanol–water partition coefficient (Wildman–Crippen LogP) is 4.27. The number of benzene rings is 2. The van der Waals surface area contributed by atoms with Crippen molar-refractivity contribution in [3.05, 3.63) is 73.1 Å². The molecule has 0 aliphatic carbocycles. The lowest BCUT2D eigenvalue weighted by Gasteiger charge is -2.30. The van der Waals surface area contributed by atoms with Gasteiger partial charge in [-0.3, -0.25) is 4.98 Å². The maximum Gasteiger partial charge on any atom is 0.227 e. The number of para-hydroxylation sites is 3. The van der Waals surface area contributed by atoms with Gasteiger partial charge in [-0.1, -0.05) is 36.4 Å². The lowest BCUT2D eigenvalue weighted by Crippen LogP contribution is -2.36. The van der Waals surface area contributed by atoms with Gasteiger partial charge in [-0.2, -0.15) is 0 Å². The quantitative estimate of drug-likeness (QED) is 0.568. The van der Waals surface area contributed by atoms with Gasteiger partial charge in [-0.05, 0) is 24.3 Å². The lowest BCUT2D eigenvalue weighted by molar-refractivity contribution is 0.123. The molecule has 0 spiro atoms. The summed E-state index contributed by atoms with van der Waals surface area (Å²) < 4.78 is 5.49. The van der Waals surface area contributed by atoms with E-state index in [4.69, 9.17) is 9.72 Å². The van der Waals surface area contributed by atoms with Gasteiger partial charge >= 0.3 is 0 Å². The number of hydrogen-bond acceptors (Lipinski definition) is 6. The van der Waals surface area contributed by atoms with E-state index < -0.39 is 0 Å². The Bertz CT molecular complexity index is 1130. The van der Waals surface area contributed by atoms with E-state index in [9.17, 15) is 0 Å². The van der Waals surface area contributed by atoms with Crippen LogP contribution in [0.15, 0.2) is 73.1 Å². The Labute approximate surface area is 169 Å². The molecule has 1 aliphatic rings. The largest absolute Gasteiger partial charge is 0.378 e. The summed E-state index contributed by atoms with van der Waals surface area (Å²) in [5.41, 5.74) is 4.90. The highest BCUT2D eigenvalue weighted by molar-refractivity contribution is 5.93. The Morgan fingerprint density at radius 1 is 0.862 bits per heavy atom. The second-order valence-corrected chi connectivity index (χ2v) is 6.89. The monoisotopic (exact) mass is 383 g/mol. The lowest BCUT2D eigenvalue weighted by atomic mass is 10.1. The fourth-order valence-corrected chi connectivity index (χ4v) is 3.62. The number of fused-ring (bicyclic) bond motifs is 1. The van der Waals surface area contributed by atoms with Crippen molar-refractivity contribution in [2.75, 3.05) is 36.5 Å². The van der Waals surface area contributed by atoms with Crippen LogP contribution >= 0.6 is 0 Å². The molecular weight excluding hydrogens is 362 g/mol. The van der Waals surface area contributed by atoms with Crippen LogP contribution in [0.3, 0.4) is 0 Å². The highest BCUT2D eigenvalue weighted by atomic mass is 16.5. The molecule has 5 rings (SSSR count). The normalized spacial score (nSPS) is 14.1.